The van der Waals surface area contributed by atoms with Crippen molar-refractivity contribution in [1.29, 1.82) is 0 Å². The van der Waals surface area contributed by atoms with Gasteiger partial charge in [-0.2, -0.15) is 0 Å². The smallest absolute Gasteiger partial charge is 0.135 e. The first kappa shape index (κ1) is 10.7. The molecule has 3 nitrogen and oxygen atoms in total. The van der Waals surface area contributed by atoms with Crippen LogP contribution in [0.2, 0.25) is 0 Å². The van der Waals surface area contributed by atoms with Crippen LogP contribution in [-0.2, 0) is 0 Å². The quantitative estimate of drug-likeness (QED) is 0.787. The SMILES string of the molecule is CC(N)/C=C/c1cccnc1N(C)C. The Morgan fingerprint density at radius 2 is 2.21 bits per heavy atom. The third-order valence-corrected chi connectivity index (χ3v) is 1.82. The van der Waals surface area contributed by atoms with Gasteiger partial charge in [0.25, 0.3) is 0 Å². The fourth-order valence-corrected chi connectivity index (χ4v) is 1.17. The summed E-state index contributed by atoms with van der Waals surface area (Å²) in [7, 11) is 3.96. The molecule has 0 spiro atoms. The monoisotopic (exact) mass is 191 g/mol. The van der Waals surface area contributed by atoms with Crippen molar-refractivity contribution in [3.05, 3.63) is 30.0 Å². The molecular weight excluding hydrogens is 174 g/mol. The molecule has 0 amide bonds. The molecule has 3 heteroatoms. The normalized spacial score (nSPS) is 13.1. The number of aromatic nitrogens is 1. The van der Waals surface area contributed by atoms with Crippen LogP contribution in [0.5, 0.6) is 0 Å². The first-order valence-electron chi connectivity index (χ1n) is 4.67. The van der Waals surface area contributed by atoms with Gasteiger partial charge in [0, 0.05) is 31.9 Å². The topological polar surface area (TPSA) is 42.1 Å². The van der Waals surface area contributed by atoms with E-state index in [0.29, 0.717) is 0 Å². The van der Waals surface area contributed by atoms with E-state index in [2.05, 4.69) is 4.98 Å². The Morgan fingerprint density at radius 3 is 2.79 bits per heavy atom. The predicted octanol–water partition coefficient (Wildman–Crippen LogP) is 1.51. The van der Waals surface area contributed by atoms with Crippen molar-refractivity contribution >= 4 is 11.9 Å². The average Bonchev–Trinajstić information content (AvgIpc) is 2.15. The van der Waals surface area contributed by atoms with Crippen LogP contribution in [0.15, 0.2) is 24.4 Å². The maximum Gasteiger partial charge on any atom is 0.135 e. The van der Waals surface area contributed by atoms with E-state index < -0.39 is 0 Å². The Balaban J connectivity index is 2.96. The molecule has 0 aliphatic rings. The number of anilines is 1. The van der Waals surface area contributed by atoms with Crippen molar-refractivity contribution in [1.82, 2.24) is 4.98 Å². The zero-order valence-corrected chi connectivity index (χ0v) is 8.94. The zero-order valence-electron chi connectivity index (χ0n) is 8.94. The Kier molecular flexibility index (Phi) is 3.65. The molecule has 1 rings (SSSR count). The third kappa shape index (κ3) is 2.85. The number of pyridine rings is 1. The maximum atomic E-state index is 5.65. The summed E-state index contributed by atoms with van der Waals surface area (Å²) in [6.07, 6.45) is 5.76. The second-order valence-corrected chi connectivity index (χ2v) is 3.53. The van der Waals surface area contributed by atoms with Gasteiger partial charge in [-0.25, -0.2) is 4.98 Å². The molecule has 1 aromatic heterocycles. The van der Waals surface area contributed by atoms with Gasteiger partial charge in [-0.05, 0) is 19.1 Å². The molecule has 1 heterocycles. The van der Waals surface area contributed by atoms with Gasteiger partial charge in [0.2, 0.25) is 0 Å². The standard InChI is InChI=1S/C11H17N3/c1-9(12)6-7-10-5-4-8-13-11(10)14(2)3/h4-9H,12H2,1-3H3/b7-6+. The van der Waals surface area contributed by atoms with Gasteiger partial charge in [-0.1, -0.05) is 12.2 Å². The summed E-state index contributed by atoms with van der Waals surface area (Å²) in [6.45, 7) is 1.95. The first-order chi connectivity index (χ1) is 6.61. The van der Waals surface area contributed by atoms with Gasteiger partial charge in [-0.3, -0.25) is 0 Å². The number of hydrogen-bond donors (Lipinski definition) is 1. The van der Waals surface area contributed by atoms with Crippen LogP contribution in [0, 0.1) is 0 Å². The van der Waals surface area contributed by atoms with Crippen molar-refractivity contribution < 1.29 is 0 Å². The minimum Gasteiger partial charge on any atom is -0.362 e. The highest BCUT2D eigenvalue weighted by molar-refractivity contribution is 5.63. The molecule has 0 aliphatic carbocycles. The number of nitrogens with two attached hydrogens (primary N) is 1. The average molecular weight is 191 g/mol. The number of hydrogen-bond acceptors (Lipinski definition) is 3. The molecule has 0 aliphatic heterocycles. The summed E-state index contributed by atoms with van der Waals surface area (Å²) >= 11 is 0. The van der Waals surface area contributed by atoms with Crippen molar-refractivity contribution in [2.24, 2.45) is 5.73 Å². The van der Waals surface area contributed by atoms with Gasteiger partial charge in [0.05, 0.1) is 0 Å². The van der Waals surface area contributed by atoms with Crippen LogP contribution in [0.1, 0.15) is 12.5 Å². The number of nitrogens with zero attached hydrogens (tertiary/aromatic N) is 2. The molecule has 0 fully saturated rings. The van der Waals surface area contributed by atoms with Crippen molar-refractivity contribution in [3.63, 3.8) is 0 Å². The second kappa shape index (κ2) is 4.77. The minimum absolute atomic E-state index is 0.0743. The minimum atomic E-state index is 0.0743. The third-order valence-electron chi connectivity index (χ3n) is 1.82. The molecule has 14 heavy (non-hydrogen) atoms. The van der Waals surface area contributed by atoms with Gasteiger partial charge in [0.1, 0.15) is 5.82 Å². The molecule has 1 atom stereocenters. The number of rotatable bonds is 3. The lowest BCUT2D eigenvalue weighted by Crippen LogP contribution is -2.13. The van der Waals surface area contributed by atoms with E-state index in [4.69, 9.17) is 5.73 Å². The van der Waals surface area contributed by atoms with E-state index in [1.165, 1.54) is 0 Å². The first-order valence-corrected chi connectivity index (χ1v) is 4.67. The highest BCUT2D eigenvalue weighted by Gasteiger charge is 2.01. The molecule has 76 valence electrons. The van der Waals surface area contributed by atoms with E-state index in [1.807, 2.05) is 50.2 Å². The summed E-state index contributed by atoms with van der Waals surface area (Å²) in [5.74, 6) is 0.962. The van der Waals surface area contributed by atoms with Crippen LogP contribution in [0.3, 0.4) is 0 Å². The van der Waals surface area contributed by atoms with Crippen molar-refractivity contribution in [3.8, 4) is 0 Å². The van der Waals surface area contributed by atoms with Crippen molar-refractivity contribution in [2.75, 3.05) is 19.0 Å². The lowest BCUT2D eigenvalue weighted by Gasteiger charge is -2.13. The van der Waals surface area contributed by atoms with E-state index in [-0.39, 0.29) is 6.04 Å². The van der Waals surface area contributed by atoms with E-state index in [0.717, 1.165) is 11.4 Å². The fraction of sp³-hybridized carbons (Fsp3) is 0.364. The lowest BCUT2D eigenvalue weighted by molar-refractivity contribution is 0.930. The summed E-state index contributed by atoms with van der Waals surface area (Å²) in [5.41, 5.74) is 6.74. The predicted molar refractivity (Wildman–Crippen MR) is 61.2 cm³/mol. The summed E-state index contributed by atoms with van der Waals surface area (Å²) in [4.78, 5) is 6.28. The molecule has 1 unspecified atom stereocenters. The molecule has 2 N–H and O–H groups in total. The van der Waals surface area contributed by atoms with Gasteiger partial charge >= 0.3 is 0 Å². The van der Waals surface area contributed by atoms with Crippen LogP contribution in [0.4, 0.5) is 5.82 Å². The molecule has 0 bridgehead atoms. The van der Waals surface area contributed by atoms with Gasteiger partial charge in [0.15, 0.2) is 0 Å². The molecule has 1 aromatic rings. The highest BCUT2D eigenvalue weighted by atomic mass is 15.1. The zero-order chi connectivity index (χ0) is 10.6. The Labute approximate surface area is 85.3 Å². The highest BCUT2D eigenvalue weighted by Crippen LogP contribution is 2.15. The van der Waals surface area contributed by atoms with Gasteiger partial charge < -0.3 is 10.6 Å². The Morgan fingerprint density at radius 1 is 1.50 bits per heavy atom. The largest absolute Gasteiger partial charge is 0.362 e. The summed E-state index contributed by atoms with van der Waals surface area (Å²) in [6, 6.07) is 4.03. The van der Waals surface area contributed by atoms with E-state index in [9.17, 15) is 0 Å². The Hall–Kier alpha value is -1.35. The van der Waals surface area contributed by atoms with Crippen molar-refractivity contribution in [2.45, 2.75) is 13.0 Å². The molecular formula is C11H17N3. The Bertz CT molecular complexity index is 316. The van der Waals surface area contributed by atoms with E-state index >= 15 is 0 Å². The molecule has 0 saturated heterocycles. The van der Waals surface area contributed by atoms with Crippen LogP contribution >= 0.6 is 0 Å². The van der Waals surface area contributed by atoms with Gasteiger partial charge in [-0.15, -0.1) is 0 Å². The molecule has 0 saturated carbocycles. The summed E-state index contributed by atoms with van der Waals surface area (Å²) < 4.78 is 0. The van der Waals surface area contributed by atoms with E-state index in [1.54, 1.807) is 6.20 Å². The lowest BCUT2D eigenvalue weighted by atomic mass is 10.2. The van der Waals surface area contributed by atoms with Crippen LogP contribution in [-0.4, -0.2) is 25.1 Å². The van der Waals surface area contributed by atoms with Crippen LogP contribution in [0.25, 0.3) is 6.08 Å². The molecule has 0 radical (unpaired) electrons. The van der Waals surface area contributed by atoms with Crippen LogP contribution < -0.4 is 10.6 Å². The fourth-order valence-electron chi connectivity index (χ4n) is 1.17. The maximum absolute atomic E-state index is 5.65. The summed E-state index contributed by atoms with van der Waals surface area (Å²) in [5, 5.41) is 0. The molecule has 0 aromatic carbocycles. The second-order valence-electron chi connectivity index (χ2n) is 3.53.